The predicted octanol–water partition coefficient (Wildman–Crippen LogP) is 2.30. The Bertz CT molecular complexity index is 540. The second kappa shape index (κ2) is 7.09. The van der Waals surface area contributed by atoms with Crippen molar-refractivity contribution in [1.29, 1.82) is 0 Å². The molecule has 106 valence electrons. The Labute approximate surface area is 125 Å². The number of aromatic amines is 1. The molecule has 2 N–H and O–H groups in total. The number of hydrogen-bond donors (Lipinski definition) is 2. The highest BCUT2D eigenvalue weighted by Crippen LogP contribution is 2.17. The fraction of sp³-hybridized carbons (Fsp3) is 0.286. The number of aromatic nitrogens is 2. The Kier molecular flexibility index (Phi) is 5.17. The second-order valence-corrected chi connectivity index (χ2v) is 5.25. The van der Waals surface area contributed by atoms with Crippen LogP contribution in [-0.2, 0) is 11.2 Å². The molecule has 0 saturated carbocycles. The van der Waals surface area contributed by atoms with E-state index in [9.17, 15) is 4.79 Å². The Morgan fingerprint density at radius 1 is 1.45 bits per heavy atom. The van der Waals surface area contributed by atoms with Gasteiger partial charge in [-0.2, -0.15) is 0 Å². The first-order valence-corrected chi connectivity index (χ1v) is 7.11. The van der Waals surface area contributed by atoms with Crippen molar-refractivity contribution in [2.24, 2.45) is 0 Å². The fourth-order valence-corrected chi connectivity index (χ4v) is 1.92. The molecule has 2 rings (SSSR count). The molecular formula is C14H16BrN3O2. The topological polar surface area (TPSA) is 67.0 Å². The largest absolute Gasteiger partial charge is 0.481 e. The summed E-state index contributed by atoms with van der Waals surface area (Å²) >= 11 is 3.35. The van der Waals surface area contributed by atoms with Crippen molar-refractivity contribution in [1.82, 2.24) is 15.3 Å². The van der Waals surface area contributed by atoms with Crippen molar-refractivity contribution < 1.29 is 9.53 Å². The first kappa shape index (κ1) is 14.6. The standard InChI is InChI=1S/C14H16BrN3O2/c1-10(20-13-4-2-11(15)3-5-13)14(19)17-7-6-12-8-16-9-18-12/h2-5,8-10H,6-7H2,1H3,(H,16,18)(H,17,19). The molecule has 0 bridgehead atoms. The number of nitrogens with zero attached hydrogens (tertiary/aromatic N) is 1. The van der Waals surface area contributed by atoms with Gasteiger partial charge in [-0.25, -0.2) is 4.98 Å². The summed E-state index contributed by atoms with van der Waals surface area (Å²) in [6, 6.07) is 7.38. The lowest BCUT2D eigenvalue weighted by atomic mass is 10.3. The van der Waals surface area contributed by atoms with E-state index in [1.165, 1.54) is 0 Å². The lowest BCUT2D eigenvalue weighted by Gasteiger charge is -2.14. The number of imidazole rings is 1. The van der Waals surface area contributed by atoms with Crippen LogP contribution in [-0.4, -0.2) is 28.5 Å². The number of carbonyl (C=O) groups excluding carboxylic acids is 1. The van der Waals surface area contributed by atoms with Gasteiger partial charge in [-0.15, -0.1) is 0 Å². The molecule has 1 atom stereocenters. The van der Waals surface area contributed by atoms with Gasteiger partial charge in [0.1, 0.15) is 5.75 Å². The summed E-state index contributed by atoms with van der Waals surface area (Å²) in [4.78, 5) is 18.8. The molecule has 0 aliphatic carbocycles. The molecule has 0 aliphatic heterocycles. The summed E-state index contributed by atoms with van der Waals surface area (Å²) in [5, 5.41) is 2.83. The van der Waals surface area contributed by atoms with Gasteiger partial charge in [0, 0.05) is 29.3 Å². The van der Waals surface area contributed by atoms with Crippen molar-refractivity contribution in [2.45, 2.75) is 19.4 Å². The summed E-state index contributed by atoms with van der Waals surface area (Å²) in [6.07, 6.45) is 3.55. The van der Waals surface area contributed by atoms with Crippen molar-refractivity contribution in [2.75, 3.05) is 6.54 Å². The van der Waals surface area contributed by atoms with E-state index in [-0.39, 0.29) is 5.91 Å². The van der Waals surface area contributed by atoms with E-state index in [0.717, 1.165) is 16.6 Å². The maximum Gasteiger partial charge on any atom is 0.260 e. The number of H-pyrrole nitrogens is 1. The van der Waals surface area contributed by atoms with Gasteiger partial charge < -0.3 is 15.0 Å². The number of ether oxygens (including phenoxy) is 1. The van der Waals surface area contributed by atoms with Gasteiger partial charge in [-0.3, -0.25) is 4.79 Å². The van der Waals surface area contributed by atoms with Crippen LogP contribution in [0.25, 0.3) is 0 Å². The van der Waals surface area contributed by atoms with Crippen LogP contribution < -0.4 is 10.1 Å². The molecule has 5 nitrogen and oxygen atoms in total. The second-order valence-electron chi connectivity index (χ2n) is 4.33. The Balaban J connectivity index is 1.75. The Morgan fingerprint density at radius 3 is 2.85 bits per heavy atom. The van der Waals surface area contributed by atoms with Gasteiger partial charge in [0.05, 0.1) is 6.33 Å². The molecule has 1 amide bonds. The zero-order valence-corrected chi connectivity index (χ0v) is 12.7. The van der Waals surface area contributed by atoms with Crippen LogP contribution >= 0.6 is 15.9 Å². The van der Waals surface area contributed by atoms with E-state index in [2.05, 4.69) is 31.2 Å². The van der Waals surface area contributed by atoms with Crippen LogP contribution in [0.1, 0.15) is 12.6 Å². The number of rotatable bonds is 6. The number of carbonyl (C=O) groups is 1. The van der Waals surface area contributed by atoms with Crippen LogP contribution in [0, 0.1) is 0 Å². The van der Waals surface area contributed by atoms with E-state index in [4.69, 9.17) is 4.74 Å². The summed E-state index contributed by atoms with van der Waals surface area (Å²) in [7, 11) is 0. The lowest BCUT2D eigenvalue weighted by molar-refractivity contribution is -0.127. The van der Waals surface area contributed by atoms with Crippen LogP contribution in [0.4, 0.5) is 0 Å². The first-order valence-electron chi connectivity index (χ1n) is 6.32. The van der Waals surface area contributed by atoms with Gasteiger partial charge in [0.25, 0.3) is 5.91 Å². The van der Waals surface area contributed by atoms with Gasteiger partial charge >= 0.3 is 0 Å². The van der Waals surface area contributed by atoms with Crippen LogP contribution in [0.3, 0.4) is 0 Å². The molecule has 0 saturated heterocycles. The van der Waals surface area contributed by atoms with Crippen LogP contribution in [0.5, 0.6) is 5.75 Å². The summed E-state index contributed by atoms with van der Waals surface area (Å²) in [5.74, 6) is 0.539. The number of hydrogen-bond acceptors (Lipinski definition) is 3. The molecule has 0 radical (unpaired) electrons. The van der Waals surface area contributed by atoms with E-state index >= 15 is 0 Å². The highest BCUT2D eigenvalue weighted by atomic mass is 79.9. The smallest absolute Gasteiger partial charge is 0.260 e. The van der Waals surface area contributed by atoms with Crippen LogP contribution in [0.2, 0.25) is 0 Å². The summed E-state index contributed by atoms with van der Waals surface area (Å²) < 4.78 is 6.54. The molecule has 0 spiro atoms. The third-order valence-corrected chi connectivity index (χ3v) is 3.27. The third-order valence-electron chi connectivity index (χ3n) is 2.74. The maximum absolute atomic E-state index is 11.9. The SMILES string of the molecule is CC(Oc1ccc(Br)cc1)C(=O)NCCc1cnc[nH]1. The van der Waals surface area contributed by atoms with Crippen molar-refractivity contribution in [3.63, 3.8) is 0 Å². The minimum Gasteiger partial charge on any atom is -0.481 e. The molecule has 20 heavy (non-hydrogen) atoms. The minimum atomic E-state index is -0.530. The summed E-state index contributed by atoms with van der Waals surface area (Å²) in [5.41, 5.74) is 0.992. The quantitative estimate of drug-likeness (QED) is 0.849. The molecule has 1 unspecified atom stereocenters. The van der Waals surface area contributed by atoms with Gasteiger partial charge in [0.15, 0.2) is 6.10 Å². The van der Waals surface area contributed by atoms with Crippen LogP contribution in [0.15, 0.2) is 41.3 Å². The molecule has 1 heterocycles. The van der Waals surface area contributed by atoms with Gasteiger partial charge in [0.2, 0.25) is 0 Å². The van der Waals surface area contributed by atoms with E-state index in [1.807, 2.05) is 24.3 Å². The number of halogens is 1. The van der Waals surface area contributed by atoms with E-state index in [0.29, 0.717) is 12.3 Å². The molecule has 0 fully saturated rings. The van der Waals surface area contributed by atoms with Crippen molar-refractivity contribution in [3.8, 4) is 5.75 Å². The highest BCUT2D eigenvalue weighted by Gasteiger charge is 2.13. The molecule has 0 aliphatic rings. The molecule has 1 aromatic carbocycles. The van der Waals surface area contributed by atoms with E-state index < -0.39 is 6.10 Å². The fourth-order valence-electron chi connectivity index (χ4n) is 1.66. The maximum atomic E-state index is 11.9. The normalized spacial score (nSPS) is 11.9. The van der Waals surface area contributed by atoms with Crippen molar-refractivity contribution in [3.05, 3.63) is 47.0 Å². The summed E-state index contributed by atoms with van der Waals surface area (Å²) in [6.45, 7) is 2.28. The zero-order chi connectivity index (χ0) is 14.4. The Hall–Kier alpha value is -1.82. The molecule has 6 heteroatoms. The molecular weight excluding hydrogens is 322 g/mol. The number of benzene rings is 1. The monoisotopic (exact) mass is 337 g/mol. The minimum absolute atomic E-state index is 0.132. The number of nitrogens with one attached hydrogen (secondary N) is 2. The highest BCUT2D eigenvalue weighted by molar-refractivity contribution is 9.10. The average Bonchev–Trinajstić information content (AvgIpc) is 2.94. The average molecular weight is 338 g/mol. The predicted molar refractivity (Wildman–Crippen MR) is 79.5 cm³/mol. The van der Waals surface area contributed by atoms with E-state index in [1.54, 1.807) is 19.4 Å². The number of amides is 1. The molecule has 2 aromatic rings. The van der Waals surface area contributed by atoms with Crippen molar-refractivity contribution >= 4 is 21.8 Å². The first-order chi connectivity index (χ1) is 9.65. The third kappa shape index (κ3) is 4.38. The van der Waals surface area contributed by atoms with Gasteiger partial charge in [-0.1, -0.05) is 15.9 Å². The molecule has 1 aromatic heterocycles. The van der Waals surface area contributed by atoms with Gasteiger partial charge in [-0.05, 0) is 31.2 Å². The lowest BCUT2D eigenvalue weighted by Crippen LogP contribution is -2.37. The zero-order valence-electron chi connectivity index (χ0n) is 11.1. The Morgan fingerprint density at radius 2 is 2.20 bits per heavy atom.